The number of carbonyl (C=O) groups excluding carboxylic acids is 2. The van der Waals surface area contributed by atoms with Crippen LogP contribution in [0.5, 0.6) is 0 Å². The van der Waals surface area contributed by atoms with Crippen LogP contribution in [0, 0.1) is 0 Å². The molecule has 2 aliphatic heterocycles. The molecule has 0 radical (unpaired) electrons. The molecule has 0 bridgehead atoms. The summed E-state index contributed by atoms with van der Waals surface area (Å²) in [5.41, 5.74) is 4.61. The lowest BCUT2D eigenvalue weighted by Crippen LogP contribution is -2.40. The van der Waals surface area contributed by atoms with E-state index in [0.29, 0.717) is 25.6 Å². The van der Waals surface area contributed by atoms with E-state index in [1.165, 1.54) is 11.1 Å². The van der Waals surface area contributed by atoms with Crippen LogP contribution in [0.2, 0.25) is 0 Å². The van der Waals surface area contributed by atoms with Gasteiger partial charge >= 0.3 is 12.1 Å². The number of likely N-dealkylation sites (tertiary alicyclic amines) is 1. The van der Waals surface area contributed by atoms with Crippen molar-refractivity contribution < 1.29 is 9.59 Å². The Morgan fingerprint density at radius 2 is 1.72 bits per heavy atom. The van der Waals surface area contributed by atoms with Gasteiger partial charge in [0.25, 0.3) is 0 Å². The molecule has 32 heavy (non-hydrogen) atoms. The Kier molecular flexibility index (Phi) is 6.40. The van der Waals surface area contributed by atoms with Gasteiger partial charge in [-0.2, -0.15) is 0 Å². The van der Waals surface area contributed by atoms with Crippen molar-refractivity contribution in [1.82, 2.24) is 15.1 Å². The van der Waals surface area contributed by atoms with E-state index in [1.807, 2.05) is 29.2 Å². The van der Waals surface area contributed by atoms with Gasteiger partial charge in [-0.05, 0) is 46.9 Å². The van der Waals surface area contributed by atoms with Gasteiger partial charge in [-0.1, -0.05) is 63.2 Å². The first-order valence-electron chi connectivity index (χ1n) is 11.6. The van der Waals surface area contributed by atoms with Crippen molar-refractivity contribution in [2.24, 2.45) is 0 Å². The van der Waals surface area contributed by atoms with E-state index in [-0.39, 0.29) is 17.5 Å². The SMILES string of the molecule is CC(C)(C)c1ccc(C2CCN(C(=O)Nc3ccccc3CN3CCNC3=O)CC2)cc1. The largest absolute Gasteiger partial charge is 0.336 e. The van der Waals surface area contributed by atoms with Crippen LogP contribution in [0.3, 0.4) is 0 Å². The van der Waals surface area contributed by atoms with Crippen LogP contribution >= 0.6 is 0 Å². The second kappa shape index (κ2) is 9.23. The molecule has 2 fully saturated rings. The summed E-state index contributed by atoms with van der Waals surface area (Å²) in [6, 6.07) is 16.6. The van der Waals surface area contributed by atoms with Crippen molar-refractivity contribution >= 4 is 17.7 Å². The van der Waals surface area contributed by atoms with E-state index in [4.69, 9.17) is 0 Å². The number of hydrogen-bond acceptors (Lipinski definition) is 2. The van der Waals surface area contributed by atoms with Crippen LogP contribution in [-0.2, 0) is 12.0 Å². The first kappa shape index (κ1) is 22.2. The molecule has 0 aliphatic carbocycles. The smallest absolute Gasteiger partial charge is 0.321 e. The lowest BCUT2D eigenvalue weighted by Gasteiger charge is -2.33. The molecule has 6 heteroatoms. The minimum absolute atomic E-state index is 0.0521. The van der Waals surface area contributed by atoms with Crippen LogP contribution in [0.25, 0.3) is 0 Å². The second-order valence-electron chi connectivity index (χ2n) is 9.87. The summed E-state index contributed by atoms with van der Waals surface area (Å²) in [4.78, 5) is 28.5. The van der Waals surface area contributed by atoms with Crippen molar-refractivity contribution in [2.45, 2.75) is 51.5 Å². The third-order valence-electron chi connectivity index (χ3n) is 6.60. The van der Waals surface area contributed by atoms with Gasteiger partial charge in [-0.15, -0.1) is 0 Å². The highest BCUT2D eigenvalue weighted by Gasteiger charge is 2.25. The van der Waals surface area contributed by atoms with Crippen LogP contribution in [0.4, 0.5) is 15.3 Å². The Bertz CT molecular complexity index is 957. The van der Waals surface area contributed by atoms with Gasteiger partial charge in [-0.3, -0.25) is 0 Å². The topological polar surface area (TPSA) is 64.7 Å². The number of nitrogens with zero attached hydrogens (tertiary/aromatic N) is 2. The minimum Gasteiger partial charge on any atom is -0.336 e. The molecule has 4 rings (SSSR count). The highest BCUT2D eigenvalue weighted by atomic mass is 16.2. The van der Waals surface area contributed by atoms with E-state index in [2.05, 4.69) is 55.7 Å². The highest BCUT2D eigenvalue weighted by Crippen LogP contribution is 2.31. The monoisotopic (exact) mass is 434 g/mol. The summed E-state index contributed by atoms with van der Waals surface area (Å²) >= 11 is 0. The first-order chi connectivity index (χ1) is 15.3. The summed E-state index contributed by atoms with van der Waals surface area (Å²) in [6.07, 6.45) is 1.94. The predicted molar refractivity (Wildman–Crippen MR) is 128 cm³/mol. The van der Waals surface area contributed by atoms with Gasteiger partial charge in [-0.25, -0.2) is 9.59 Å². The molecule has 170 valence electrons. The van der Waals surface area contributed by atoms with Crippen molar-refractivity contribution in [1.29, 1.82) is 0 Å². The second-order valence-corrected chi connectivity index (χ2v) is 9.87. The Hall–Kier alpha value is -3.02. The summed E-state index contributed by atoms with van der Waals surface area (Å²) in [5.74, 6) is 0.494. The van der Waals surface area contributed by atoms with Crippen LogP contribution < -0.4 is 10.6 Å². The van der Waals surface area contributed by atoms with E-state index in [9.17, 15) is 9.59 Å². The number of rotatable bonds is 4. The fourth-order valence-corrected chi connectivity index (χ4v) is 4.51. The van der Waals surface area contributed by atoms with Gasteiger partial charge in [0, 0.05) is 38.4 Å². The summed E-state index contributed by atoms with van der Waals surface area (Å²) in [5, 5.41) is 5.90. The number of anilines is 1. The molecule has 2 saturated heterocycles. The van der Waals surface area contributed by atoms with E-state index < -0.39 is 0 Å². The molecular weight excluding hydrogens is 400 g/mol. The van der Waals surface area contributed by atoms with E-state index in [0.717, 1.165) is 37.2 Å². The summed E-state index contributed by atoms with van der Waals surface area (Å²) < 4.78 is 0. The maximum atomic E-state index is 12.9. The molecule has 4 amide bonds. The number of para-hydroxylation sites is 1. The number of nitrogens with one attached hydrogen (secondary N) is 2. The molecule has 2 N–H and O–H groups in total. The standard InChI is InChI=1S/C26H34N4O2/c1-26(2,3)22-10-8-19(9-11-22)20-12-15-29(16-13-20)25(32)28-23-7-5-4-6-21(23)18-30-17-14-27-24(30)31/h4-11,20H,12-18H2,1-3H3,(H,27,31)(H,28,32). The molecule has 0 aromatic heterocycles. The van der Waals surface area contributed by atoms with Gasteiger partial charge in [0.1, 0.15) is 0 Å². The fraction of sp³-hybridized carbons (Fsp3) is 0.462. The normalized spacial score (nSPS) is 17.4. The van der Waals surface area contributed by atoms with E-state index in [1.54, 1.807) is 4.90 Å². The molecule has 0 spiro atoms. The van der Waals surface area contributed by atoms with Gasteiger partial charge < -0.3 is 20.4 Å². The molecule has 0 atom stereocenters. The number of urea groups is 2. The van der Waals surface area contributed by atoms with Crippen molar-refractivity contribution in [3.05, 3.63) is 65.2 Å². The third kappa shape index (κ3) is 5.06. The van der Waals surface area contributed by atoms with Crippen molar-refractivity contribution in [2.75, 3.05) is 31.5 Å². The Morgan fingerprint density at radius 3 is 2.34 bits per heavy atom. The van der Waals surface area contributed by atoms with Gasteiger partial charge in [0.2, 0.25) is 0 Å². The molecule has 2 heterocycles. The maximum absolute atomic E-state index is 12.9. The molecule has 2 aromatic carbocycles. The molecule has 6 nitrogen and oxygen atoms in total. The quantitative estimate of drug-likeness (QED) is 0.717. The third-order valence-corrected chi connectivity index (χ3v) is 6.60. The van der Waals surface area contributed by atoms with Crippen LogP contribution in [0.1, 0.15) is 56.2 Å². The fourth-order valence-electron chi connectivity index (χ4n) is 4.51. The van der Waals surface area contributed by atoms with Crippen molar-refractivity contribution in [3.63, 3.8) is 0 Å². The zero-order valence-corrected chi connectivity index (χ0v) is 19.4. The number of benzene rings is 2. The summed E-state index contributed by atoms with van der Waals surface area (Å²) in [6.45, 7) is 10.0. The molecule has 0 unspecified atom stereocenters. The Labute approximate surface area is 191 Å². The molecule has 0 saturated carbocycles. The average Bonchev–Trinajstić information content (AvgIpc) is 3.19. The molecular formula is C26H34N4O2. The predicted octanol–water partition coefficient (Wildman–Crippen LogP) is 4.92. The number of amides is 4. The summed E-state index contributed by atoms with van der Waals surface area (Å²) in [7, 11) is 0. The Morgan fingerprint density at radius 1 is 1.03 bits per heavy atom. The van der Waals surface area contributed by atoms with Crippen LogP contribution in [0.15, 0.2) is 48.5 Å². The van der Waals surface area contributed by atoms with Gasteiger partial charge in [0.15, 0.2) is 0 Å². The zero-order chi connectivity index (χ0) is 22.7. The zero-order valence-electron chi connectivity index (χ0n) is 19.4. The average molecular weight is 435 g/mol. The number of carbonyl (C=O) groups is 2. The van der Waals surface area contributed by atoms with Crippen molar-refractivity contribution in [3.8, 4) is 0 Å². The maximum Gasteiger partial charge on any atom is 0.321 e. The lowest BCUT2D eigenvalue weighted by atomic mass is 9.84. The number of hydrogen-bond donors (Lipinski definition) is 2. The van der Waals surface area contributed by atoms with E-state index >= 15 is 0 Å². The highest BCUT2D eigenvalue weighted by molar-refractivity contribution is 5.90. The molecule has 2 aliphatic rings. The lowest BCUT2D eigenvalue weighted by molar-refractivity contribution is 0.194. The van der Waals surface area contributed by atoms with Gasteiger partial charge in [0.05, 0.1) is 0 Å². The molecule has 2 aromatic rings. The number of piperidine rings is 1. The van der Waals surface area contributed by atoms with Crippen LogP contribution in [-0.4, -0.2) is 48.0 Å². The Balaban J connectivity index is 1.34. The first-order valence-corrected chi connectivity index (χ1v) is 11.6. The minimum atomic E-state index is -0.0650.